The number of allylic oxidation sites excluding steroid dienone is 10. The Kier molecular flexibility index (Phi) is 5.92. The Balaban J connectivity index is 1.56. The van der Waals surface area contributed by atoms with E-state index in [2.05, 4.69) is 73.7 Å². The highest BCUT2D eigenvalue weighted by Gasteiger charge is 2.30. The third-order valence-electron chi connectivity index (χ3n) is 6.33. The first-order valence-electron chi connectivity index (χ1n) is 10.9. The molecule has 0 heterocycles. The summed E-state index contributed by atoms with van der Waals surface area (Å²) in [6.45, 7) is 2.29. The fourth-order valence-electron chi connectivity index (χ4n) is 4.84. The topological polar surface area (TPSA) is 0 Å². The van der Waals surface area contributed by atoms with Gasteiger partial charge in [-0.05, 0) is 60.3 Å². The zero-order valence-electron chi connectivity index (χ0n) is 16.7. The molecule has 0 bridgehead atoms. The summed E-state index contributed by atoms with van der Waals surface area (Å²) in [5, 5.41) is 0. The molecule has 1 aromatic carbocycles. The van der Waals surface area contributed by atoms with Crippen LogP contribution in [0.25, 0.3) is 5.57 Å². The van der Waals surface area contributed by atoms with E-state index in [1.165, 1.54) is 61.6 Å². The monoisotopic (exact) mass is 356 g/mol. The molecule has 0 aromatic heterocycles. The minimum absolute atomic E-state index is 0.598. The molecule has 140 valence electrons. The molecule has 0 heteroatoms. The summed E-state index contributed by atoms with van der Waals surface area (Å²) in [4.78, 5) is 0. The van der Waals surface area contributed by atoms with Gasteiger partial charge in [0, 0.05) is 5.92 Å². The predicted molar refractivity (Wildman–Crippen MR) is 118 cm³/mol. The molecule has 1 atom stereocenters. The maximum Gasteiger partial charge on any atom is 0.00670 e. The van der Waals surface area contributed by atoms with E-state index in [9.17, 15) is 0 Å². The fourth-order valence-corrected chi connectivity index (χ4v) is 4.84. The molecule has 0 amide bonds. The third kappa shape index (κ3) is 4.10. The van der Waals surface area contributed by atoms with Crippen molar-refractivity contribution in [1.82, 2.24) is 0 Å². The number of benzene rings is 1. The van der Waals surface area contributed by atoms with Crippen LogP contribution in [-0.4, -0.2) is 0 Å². The molecule has 0 saturated carbocycles. The van der Waals surface area contributed by atoms with Crippen molar-refractivity contribution < 1.29 is 0 Å². The molecule has 0 radical (unpaired) electrons. The van der Waals surface area contributed by atoms with Crippen LogP contribution in [-0.2, 0) is 6.42 Å². The van der Waals surface area contributed by atoms with E-state index < -0.39 is 0 Å². The average Bonchev–Trinajstić information content (AvgIpc) is 3.22. The number of rotatable bonds is 8. The van der Waals surface area contributed by atoms with Gasteiger partial charge in [0.15, 0.2) is 0 Å². The van der Waals surface area contributed by atoms with Gasteiger partial charge in [-0.3, -0.25) is 0 Å². The Bertz CT molecular complexity index is 800. The lowest BCUT2D eigenvalue weighted by Crippen LogP contribution is -2.03. The normalized spacial score (nSPS) is 20.4. The molecular weight excluding hydrogens is 324 g/mol. The fraction of sp³-hybridized carbons (Fsp3) is 0.407. The number of hydrogen-bond donors (Lipinski definition) is 0. The van der Waals surface area contributed by atoms with Crippen LogP contribution < -0.4 is 0 Å². The van der Waals surface area contributed by atoms with Crippen molar-refractivity contribution in [2.45, 2.75) is 64.2 Å². The summed E-state index contributed by atoms with van der Waals surface area (Å²) >= 11 is 0. The van der Waals surface area contributed by atoms with Crippen molar-refractivity contribution in [2.24, 2.45) is 5.92 Å². The average molecular weight is 357 g/mol. The lowest BCUT2D eigenvalue weighted by molar-refractivity contribution is 0.602. The zero-order chi connectivity index (χ0) is 18.5. The van der Waals surface area contributed by atoms with Crippen molar-refractivity contribution in [1.29, 1.82) is 0 Å². The Morgan fingerprint density at radius 2 is 1.81 bits per heavy atom. The first-order chi connectivity index (χ1) is 13.4. The van der Waals surface area contributed by atoms with Gasteiger partial charge >= 0.3 is 0 Å². The maximum atomic E-state index is 2.54. The quantitative estimate of drug-likeness (QED) is 0.419. The molecule has 1 aromatic rings. The first-order valence-corrected chi connectivity index (χ1v) is 10.9. The van der Waals surface area contributed by atoms with E-state index in [-0.39, 0.29) is 0 Å². The molecular formula is C27H32. The highest BCUT2D eigenvalue weighted by atomic mass is 14.3. The number of hydrogen-bond acceptors (Lipinski definition) is 0. The summed E-state index contributed by atoms with van der Waals surface area (Å²) in [6, 6.07) is 7.33. The van der Waals surface area contributed by atoms with Gasteiger partial charge < -0.3 is 0 Å². The summed E-state index contributed by atoms with van der Waals surface area (Å²) in [5.74, 6) is 1.23. The Morgan fingerprint density at radius 1 is 0.926 bits per heavy atom. The van der Waals surface area contributed by atoms with Crippen LogP contribution in [0.2, 0.25) is 0 Å². The van der Waals surface area contributed by atoms with Gasteiger partial charge in [-0.2, -0.15) is 0 Å². The first kappa shape index (κ1) is 18.3. The van der Waals surface area contributed by atoms with E-state index in [0.29, 0.717) is 11.8 Å². The van der Waals surface area contributed by atoms with Crippen LogP contribution in [0.15, 0.2) is 72.4 Å². The smallest absolute Gasteiger partial charge is 0.00670 e. The van der Waals surface area contributed by atoms with Gasteiger partial charge in [-0.15, -0.1) is 0 Å². The van der Waals surface area contributed by atoms with Crippen LogP contribution in [0.5, 0.6) is 0 Å². The van der Waals surface area contributed by atoms with Crippen molar-refractivity contribution in [3.8, 4) is 0 Å². The second-order valence-corrected chi connectivity index (χ2v) is 8.23. The van der Waals surface area contributed by atoms with Gasteiger partial charge in [-0.25, -0.2) is 0 Å². The Morgan fingerprint density at radius 3 is 2.67 bits per heavy atom. The van der Waals surface area contributed by atoms with Crippen molar-refractivity contribution in [2.75, 3.05) is 0 Å². The van der Waals surface area contributed by atoms with E-state index in [1.54, 1.807) is 11.1 Å². The van der Waals surface area contributed by atoms with Gasteiger partial charge in [0.05, 0.1) is 0 Å². The lowest BCUT2D eigenvalue weighted by atomic mass is 9.86. The summed E-state index contributed by atoms with van der Waals surface area (Å²) in [7, 11) is 0. The Labute approximate surface area is 165 Å². The lowest BCUT2D eigenvalue weighted by Gasteiger charge is -2.18. The summed E-state index contributed by atoms with van der Waals surface area (Å²) < 4.78 is 0. The third-order valence-corrected chi connectivity index (χ3v) is 6.33. The molecule has 4 rings (SSSR count). The van der Waals surface area contributed by atoms with Gasteiger partial charge in [0.25, 0.3) is 0 Å². The number of aryl methyl sites for hydroxylation is 1. The summed E-state index contributed by atoms with van der Waals surface area (Å²) in [5.41, 5.74) is 7.76. The molecule has 1 unspecified atom stereocenters. The predicted octanol–water partition coefficient (Wildman–Crippen LogP) is 7.70. The van der Waals surface area contributed by atoms with Gasteiger partial charge in [-0.1, -0.05) is 98.6 Å². The van der Waals surface area contributed by atoms with Gasteiger partial charge in [0.1, 0.15) is 0 Å². The molecule has 0 spiro atoms. The molecule has 0 fully saturated rings. The second-order valence-electron chi connectivity index (χ2n) is 8.23. The molecule has 3 aliphatic rings. The van der Waals surface area contributed by atoms with Crippen molar-refractivity contribution >= 4 is 5.57 Å². The maximum absolute atomic E-state index is 2.54. The van der Waals surface area contributed by atoms with E-state index >= 15 is 0 Å². The minimum atomic E-state index is 0.598. The second kappa shape index (κ2) is 8.74. The zero-order valence-corrected chi connectivity index (χ0v) is 16.7. The van der Waals surface area contributed by atoms with Crippen LogP contribution in [0.4, 0.5) is 0 Å². The van der Waals surface area contributed by atoms with Crippen molar-refractivity contribution in [3.05, 3.63) is 89.1 Å². The molecule has 27 heavy (non-hydrogen) atoms. The summed E-state index contributed by atoms with van der Waals surface area (Å²) in [6.07, 6.45) is 28.4. The minimum Gasteiger partial charge on any atom is -0.0804 e. The Hall–Kier alpha value is -2.08. The van der Waals surface area contributed by atoms with Crippen LogP contribution in [0, 0.1) is 5.92 Å². The molecule has 0 nitrogen and oxygen atoms in total. The van der Waals surface area contributed by atoms with E-state index in [0.717, 1.165) is 6.42 Å². The largest absolute Gasteiger partial charge is 0.0804 e. The molecule has 0 aliphatic heterocycles. The molecule has 0 saturated heterocycles. The molecule has 0 N–H and O–H groups in total. The van der Waals surface area contributed by atoms with Crippen LogP contribution >= 0.6 is 0 Å². The van der Waals surface area contributed by atoms with Crippen molar-refractivity contribution in [3.63, 3.8) is 0 Å². The highest BCUT2D eigenvalue weighted by Crippen LogP contribution is 2.48. The highest BCUT2D eigenvalue weighted by molar-refractivity contribution is 5.85. The number of unbranched alkanes of at least 4 members (excludes halogenated alkanes) is 3. The molecule has 3 aliphatic carbocycles. The van der Waals surface area contributed by atoms with Gasteiger partial charge in [0.2, 0.25) is 0 Å². The standard InChI is InChI=1S/C27H32/c1-2-3-4-6-13-22-17-19-26-24-15-8-5-7-14-23(24)25(27(26)20-22)18-16-21-11-9-10-12-21/h5,7-12,15,17,19-21,25H,2-4,6,13-14,16,18H2,1H3. The van der Waals surface area contributed by atoms with Crippen LogP contribution in [0.1, 0.15) is 74.5 Å². The SMILES string of the molecule is CCCCCCc1ccc2c(c1)C(CCC1C=CC=C1)C1=C2C=CC=CC1. The van der Waals surface area contributed by atoms with E-state index in [1.807, 2.05) is 0 Å². The number of fused-ring (bicyclic) bond motifs is 2. The van der Waals surface area contributed by atoms with E-state index in [4.69, 9.17) is 0 Å². The van der Waals surface area contributed by atoms with Crippen LogP contribution in [0.3, 0.4) is 0 Å².